The van der Waals surface area contributed by atoms with E-state index in [1.54, 1.807) is 11.1 Å². The SMILES string of the molecule is C[B]N1CCC2(CCc3ccccc32)CC1. The highest BCUT2D eigenvalue weighted by atomic mass is 15.0. The average Bonchev–Trinajstić information content (AvgIpc) is 2.71. The number of benzene rings is 1. The maximum atomic E-state index is 2.46. The Bertz CT molecular complexity index is 380. The van der Waals surface area contributed by atoms with E-state index in [9.17, 15) is 0 Å². The lowest BCUT2D eigenvalue weighted by Gasteiger charge is -2.40. The van der Waals surface area contributed by atoms with Crippen molar-refractivity contribution in [3.63, 3.8) is 0 Å². The zero-order chi connectivity index (χ0) is 11.0. The highest BCUT2D eigenvalue weighted by Crippen LogP contribution is 2.45. The van der Waals surface area contributed by atoms with Gasteiger partial charge in [-0.1, -0.05) is 31.1 Å². The van der Waals surface area contributed by atoms with Gasteiger partial charge in [-0.15, -0.1) is 0 Å². The molecule has 1 nitrogen and oxygen atoms in total. The molecular weight excluding hydrogens is 193 g/mol. The van der Waals surface area contributed by atoms with Crippen molar-refractivity contribution < 1.29 is 0 Å². The number of fused-ring (bicyclic) bond motifs is 2. The van der Waals surface area contributed by atoms with E-state index in [0.717, 1.165) is 0 Å². The third-order valence-electron chi connectivity index (χ3n) is 4.58. The minimum Gasteiger partial charge on any atom is -0.347 e. The molecule has 2 heteroatoms. The van der Waals surface area contributed by atoms with E-state index in [4.69, 9.17) is 0 Å². The summed E-state index contributed by atoms with van der Waals surface area (Å²) in [7, 11) is 2.24. The summed E-state index contributed by atoms with van der Waals surface area (Å²) in [5.74, 6) is 0. The summed E-state index contributed by atoms with van der Waals surface area (Å²) in [6.45, 7) is 4.64. The molecule has 1 radical (unpaired) electrons. The summed E-state index contributed by atoms with van der Waals surface area (Å²) in [5.41, 5.74) is 3.79. The van der Waals surface area contributed by atoms with Crippen molar-refractivity contribution >= 4 is 7.41 Å². The first-order chi connectivity index (χ1) is 7.84. The van der Waals surface area contributed by atoms with Crippen LogP contribution in [-0.2, 0) is 11.8 Å². The number of nitrogens with zero attached hydrogens (tertiary/aromatic N) is 1. The predicted molar refractivity (Wildman–Crippen MR) is 68.9 cm³/mol. The molecule has 1 saturated heterocycles. The van der Waals surface area contributed by atoms with E-state index in [2.05, 4.69) is 43.3 Å². The van der Waals surface area contributed by atoms with Gasteiger partial charge in [-0.25, -0.2) is 0 Å². The standard InChI is InChI=1S/C14H19BN/c1-15-16-10-8-14(9-11-16)7-6-12-4-2-3-5-13(12)14/h2-5H,6-11H2,1H3. The molecule has 1 spiro atoms. The molecule has 2 aliphatic rings. The van der Waals surface area contributed by atoms with Gasteiger partial charge < -0.3 is 4.81 Å². The molecule has 0 aromatic heterocycles. The summed E-state index contributed by atoms with van der Waals surface area (Å²) in [6.07, 6.45) is 5.36. The fourth-order valence-electron chi connectivity index (χ4n) is 3.49. The van der Waals surface area contributed by atoms with Gasteiger partial charge in [0.2, 0.25) is 7.41 Å². The van der Waals surface area contributed by atoms with Crippen LogP contribution in [0.4, 0.5) is 0 Å². The monoisotopic (exact) mass is 212 g/mol. The largest absolute Gasteiger partial charge is 0.347 e. The van der Waals surface area contributed by atoms with Crippen molar-refractivity contribution in [1.29, 1.82) is 0 Å². The first-order valence-electron chi connectivity index (χ1n) is 6.46. The van der Waals surface area contributed by atoms with Gasteiger partial charge in [0.15, 0.2) is 0 Å². The molecule has 0 N–H and O–H groups in total. The lowest BCUT2D eigenvalue weighted by atomic mass is 9.72. The van der Waals surface area contributed by atoms with Gasteiger partial charge in [0.1, 0.15) is 0 Å². The first-order valence-corrected chi connectivity index (χ1v) is 6.46. The van der Waals surface area contributed by atoms with Crippen molar-refractivity contribution in [3.05, 3.63) is 35.4 Å². The Labute approximate surface area is 99.1 Å². The fourth-order valence-corrected chi connectivity index (χ4v) is 3.49. The van der Waals surface area contributed by atoms with Gasteiger partial charge in [0, 0.05) is 0 Å². The Morgan fingerprint density at radius 3 is 2.62 bits per heavy atom. The summed E-state index contributed by atoms with van der Waals surface area (Å²) < 4.78 is 0. The Morgan fingerprint density at radius 2 is 1.88 bits per heavy atom. The van der Waals surface area contributed by atoms with Crippen LogP contribution in [0, 0.1) is 0 Å². The molecular formula is C14H19BN. The van der Waals surface area contributed by atoms with E-state index in [0.29, 0.717) is 5.41 Å². The van der Waals surface area contributed by atoms with Crippen LogP contribution in [0.3, 0.4) is 0 Å². The first kappa shape index (κ1) is 10.4. The van der Waals surface area contributed by atoms with Crippen LogP contribution >= 0.6 is 0 Å². The molecule has 0 saturated carbocycles. The second-order valence-corrected chi connectivity index (χ2v) is 5.23. The normalized spacial score (nSPS) is 23.3. The molecule has 0 unspecified atom stereocenters. The molecule has 0 atom stereocenters. The van der Waals surface area contributed by atoms with Gasteiger partial charge in [0.25, 0.3) is 0 Å². The smallest absolute Gasteiger partial charge is 0.205 e. The van der Waals surface area contributed by atoms with Gasteiger partial charge in [0.05, 0.1) is 0 Å². The predicted octanol–water partition coefficient (Wildman–Crippen LogP) is 2.63. The minimum absolute atomic E-state index is 0.524. The van der Waals surface area contributed by atoms with Gasteiger partial charge in [-0.05, 0) is 55.3 Å². The third-order valence-corrected chi connectivity index (χ3v) is 4.58. The minimum atomic E-state index is 0.524. The summed E-state index contributed by atoms with van der Waals surface area (Å²) >= 11 is 0. The Kier molecular flexibility index (Phi) is 2.55. The summed E-state index contributed by atoms with van der Waals surface area (Å²) in [6, 6.07) is 9.09. The number of piperidine rings is 1. The second-order valence-electron chi connectivity index (χ2n) is 5.23. The molecule has 1 fully saturated rings. The Morgan fingerprint density at radius 1 is 1.12 bits per heavy atom. The third kappa shape index (κ3) is 1.51. The van der Waals surface area contributed by atoms with Gasteiger partial charge in [-0.2, -0.15) is 0 Å². The van der Waals surface area contributed by atoms with Crippen molar-refractivity contribution in [2.45, 2.75) is 37.9 Å². The van der Waals surface area contributed by atoms with Crippen molar-refractivity contribution in [2.24, 2.45) is 0 Å². The summed E-state index contributed by atoms with van der Waals surface area (Å²) in [4.78, 5) is 2.46. The number of hydrogen-bond donors (Lipinski definition) is 0. The van der Waals surface area contributed by atoms with Crippen LogP contribution in [0.1, 0.15) is 30.4 Å². The van der Waals surface area contributed by atoms with Crippen LogP contribution in [0.5, 0.6) is 0 Å². The zero-order valence-corrected chi connectivity index (χ0v) is 10.1. The van der Waals surface area contributed by atoms with Crippen LogP contribution in [0.2, 0.25) is 6.82 Å². The molecule has 3 rings (SSSR count). The molecule has 1 aromatic rings. The Balaban J connectivity index is 1.87. The highest BCUT2D eigenvalue weighted by molar-refractivity contribution is 6.29. The maximum Gasteiger partial charge on any atom is 0.205 e. The zero-order valence-electron chi connectivity index (χ0n) is 10.1. The number of rotatable bonds is 1. The molecule has 1 heterocycles. The molecule has 1 aromatic carbocycles. The van der Waals surface area contributed by atoms with Gasteiger partial charge in [-0.3, -0.25) is 0 Å². The van der Waals surface area contributed by atoms with Crippen LogP contribution in [0.15, 0.2) is 24.3 Å². The number of hydrogen-bond acceptors (Lipinski definition) is 1. The number of aryl methyl sites for hydroxylation is 1. The molecule has 83 valence electrons. The van der Waals surface area contributed by atoms with E-state index in [1.165, 1.54) is 38.8 Å². The van der Waals surface area contributed by atoms with E-state index < -0.39 is 0 Å². The van der Waals surface area contributed by atoms with Crippen LogP contribution < -0.4 is 0 Å². The Hall–Kier alpha value is -0.755. The molecule has 1 aliphatic heterocycles. The highest BCUT2D eigenvalue weighted by Gasteiger charge is 2.40. The average molecular weight is 212 g/mol. The van der Waals surface area contributed by atoms with E-state index in [-0.39, 0.29) is 0 Å². The van der Waals surface area contributed by atoms with E-state index >= 15 is 0 Å². The lowest BCUT2D eigenvalue weighted by molar-refractivity contribution is 0.234. The topological polar surface area (TPSA) is 3.24 Å². The molecule has 0 amide bonds. The lowest BCUT2D eigenvalue weighted by Crippen LogP contribution is -2.42. The quantitative estimate of drug-likeness (QED) is 0.647. The molecule has 0 bridgehead atoms. The van der Waals surface area contributed by atoms with Crippen molar-refractivity contribution in [3.8, 4) is 0 Å². The maximum absolute atomic E-state index is 2.46. The van der Waals surface area contributed by atoms with Crippen molar-refractivity contribution in [1.82, 2.24) is 4.81 Å². The van der Waals surface area contributed by atoms with Crippen LogP contribution in [0.25, 0.3) is 0 Å². The summed E-state index contributed by atoms with van der Waals surface area (Å²) in [5, 5.41) is 0. The van der Waals surface area contributed by atoms with Gasteiger partial charge >= 0.3 is 0 Å². The molecule has 16 heavy (non-hydrogen) atoms. The second kappa shape index (κ2) is 3.92. The van der Waals surface area contributed by atoms with Crippen molar-refractivity contribution in [2.75, 3.05) is 13.1 Å². The fraction of sp³-hybridized carbons (Fsp3) is 0.571. The van der Waals surface area contributed by atoms with E-state index in [1.807, 2.05) is 0 Å². The molecule has 1 aliphatic carbocycles. The van der Waals surface area contributed by atoms with Crippen LogP contribution in [-0.4, -0.2) is 25.3 Å².